The molecule has 1 aromatic rings. The van der Waals surface area contributed by atoms with Gasteiger partial charge < -0.3 is 14.6 Å². The van der Waals surface area contributed by atoms with Gasteiger partial charge in [-0.3, -0.25) is 4.79 Å². The Labute approximate surface area is 93.8 Å². The lowest BCUT2D eigenvalue weighted by molar-refractivity contribution is -0.165. The van der Waals surface area contributed by atoms with Crippen LogP contribution in [0.1, 0.15) is 12.5 Å². The number of aliphatic carboxylic acids is 1. The number of hydrogen-bond acceptors (Lipinski definition) is 3. The number of carboxylic acid groups (broad SMARTS) is 1. The van der Waals surface area contributed by atoms with E-state index in [0.717, 1.165) is 11.3 Å². The van der Waals surface area contributed by atoms with Gasteiger partial charge in [0.25, 0.3) is 0 Å². The number of hydrogen-bond donors (Lipinski definition) is 1. The standard InChI is InChI=1S/C12H14O4/c1-2-15-12-9(11(13)14)7-8-5-3-4-6-10(8)16-12/h3-6,9,12H,2,7H2,1H3,(H,13,14). The number of carboxylic acids is 1. The largest absolute Gasteiger partial charge is 0.481 e. The van der Waals surface area contributed by atoms with Crippen LogP contribution >= 0.6 is 0 Å². The molecule has 1 aliphatic heterocycles. The van der Waals surface area contributed by atoms with Gasteiger partial charge in [-0.1, -0.05) is 18.2 Å². The van der Waals surface area contributed by atoms with E-state index in [2.05, 4.69) is 0 Å². The van der Waals surface area contributed by atoms with Crippen LogP contribution < -0.4 is 4.74 Å². The molecule has 0 bridgehead atoms. The van der Waals surface area contributed by atoms with Gasteiger partial charge >= 0.3 is 5.97 Å². The second kappa shape index (κ2) is 4.53. The smallest absolute Gasteiger partial charge is 0.313 e. The van der Waals surface area contributed by atoms with Crippen LogP contribution in [0, 0.1) is 5.92 Å². The molecule has 1 N–H and O–H groups in total. The molecule has 86 valence electrons. The molecule has 2 atom stereocenters. The van der Waals surface area contributed by atoms with Gasteiger partial charge in [-0.15, -0.1) is 0 Å². The van der Waals surface area contributed by atoms with Crippen LogP contribution in [0.2, 0.25) is 0 Å². The number of carbonyl (C=O) groups is 1. The molecule has 0 saturated carbocycles. The fourth-order valence-corrected chi connectivity index (χ4v) is 1.85. The molecule has 0 amide bonds. The summed E-state index contributed by atoms with van der Waals surface area (Å²) < 4.78 is 10.9. The third kappa shape index (κ3) is 2.02. The summed E-state index contributed by atoms with van der Waals surface area (Å²) >= 11 is 0. The minimum atomic E-state index is -0.882. The number of benzene rings is 1. The second-order valence-corrected chi connectivity index (χ2v) is 3.70. The molecule has 1 aliphatic rings. The van der Waals surface area contributed by atoms with E-state index in [-0.39, 0.29) is 0 Å². The van der Waals surface area contributed by atoms with Gasteiger partial charge in [0, 0.05) is 6.61 Å². The van der Waals surface area contributed by atoms with Crippen LogP contribution in [0.15, 0.2) is 24.3 Å². The van der Waals surface area contributed by atoms with Gasteiger partial charge in [0.2, 0.25) is 6.29 Å². The lowest BCUT2D eigenvalue weighted by atomic mass is 9.95. The maximum atomic E-state index is 11.1. The lowest BCUT2D eigenvalue weighted by Gasteiger charge is -2.30. The predicted octanol–water partition coefficient (Wildman–Crippen LogP) is 1.68. The van der Waals surface area contributed by atoms with E-state index in [1.807, 2.05) is 31.2 Å². The van der Waals surface area contributed by atoms with Crippen molar-refractivity contribution in [2.75, 3.05) is 6.61 Å². The van der Waals surface area contributed by atoms with Gasteiger partial charge in [0.05, 0.1) is 0 Å². The molecule has 4 heteroatoms. The summed E-state index contributed by atoms with van der Waals surface area (Å²) in [5.41, 5.74) is 0.922. The van der Waals surface area contributed by atoms with E-state index in [0.29, 0.717) is 13.0 Å². The highest BCUT2D eigenvalue weighted by atomic mass is 16.7. The van der Waals surface area contributed by atoms with Gasteiger partial charge in [-0.05, 0) is 25.0 Å². The highest BCUT2D eigenvalue weighted by molar-refractivity contribution is 5.71. The number of ether oxygens (including phenoxy) is 2. The molecular weight excluding hydrogens is 208 g/mol. The zero-order valence-corrected chi connectivity index (χ0v) is 9.05. The first-order valence-corrected chi connectivity index (χ1v) is 5.31. The second-order valence-electron chi connectivity index (χ2n) is 3.70. The molecule has 1 aromatic carbocycles. The summed E-state index contributed by atoms with van der Waals surface area (Å²) in [7, 11) is 0. The summed E-state index contributed by atoms with van der Waals surface area (Å²) in [5, 5.41) is 9.10. The van der Waals surface area contributed by atoms with Crippen molar-refractivity contribution >= 4 is 5.97 Å². The normalized spacial score (nSPS) is 23.3. The fraction of sp³-hybridized carbons (Fsp3) is 0.417. The van der Waals surface area contributed by atoms with Crippen LogP contribution in [-0.4, -0.2) is 24.0 Å². The molecular formula is C12H14O4. The predicted molar refractivity (Wildman–Crippen MR) is 57.3 cm³/mol. The Balaban J connectivity index is 2.25. The molecule has 0 aliphatic carbocycles. The maximum Gasteiger partial charge on any atom is 0.313 e. The summed E-state index contributed by atoms with van der Waals surface area (Å²) in [6.07, 6.45) is -0.228. The molecule has 1 heterocycles. The Kier molecular flexibility index (Phi) is 3.10. The zero-order valence-electron chi connectivity index (χ0n) is 9.05. The molecule has 16 heavy (non-hydrogen) atoms. The molecule has 4 nitrogen and oxygen atoms in total. The Morgan fingerprint density at radius 3 is 3.00 bits per heavy atom. The first kappa shape index (κ1) is 11.0. The van der Waals surface area contributed by atoms with Crippen LogP contribution in [0.5, 0.6) is 5.75 Å². The van der Waals surface area contributed by atoms with E-state index in [1.54, 1.807) is 0 Å². The van der Waals surface area contributed by atoms with Crippen LogP contribution in [-0.2, 0) is 16.0 Å². The average Bonchev–Trinajstić information content (AvgIpc) is 2.28. The Hall–Kier alpha value is -1.55. The van der Waals surface area contributed by atoms with Gasteiger partial charge in [0.15, 0.2) is 0 Å². The third-order valence-corrected chi connectivity index (χ3v) is 2.63. The summed E-state index contributed by atoms with van der Waals surface area (Å²) in [4.78, 5) is 11.1. The van der Waals surface area contributed by atoms with Crippen molar-refractivity contribution in [3.63, 3.8) is 0 Å². The molecule has 0 spiro atoms. The molecule has 0 aromatic heterocycles. The Morgan fingerprint density at radius 1 is 1.56 bits per heavy atom. The van der Waals surface area contributed by atoms with E-state index < -0.39 is 18.2 Å². The highest BCUT2D eigenvalue weighted by Crippen LogP contribution is 2.31. The highest BCUT2D eigenvalue weighted by Gasteiger charge is 2.35. The SMILES string of the molecule is CCOC1Oc2ccccc2CC1C(=O)O. The average molecular weight is 222 g/mol. The number of para-hydroxylation sites is 1. The van der Waals surface area contributed by atoms with Gasteiger partial charge in [0.1, 0.15) is 11.7 Å². The molecule has 2 rings (SSSR count). The monoisotopic (exact) mass is 222 g/mol. The van der Waals surface area contributed by atoms with Gasteiger partial charge in [-0.2, -0.15) is 0 Å². The third-order valence-electron chi connectivity index (χ3n) is 2.63. The van der Waals surface area contributed by atoms with Crippen molar-refractivity contribution in [1.82, 2.24) is 0 Å². The van der Waals surface area contributed by atoms with Crippen LogP contribution in [0.25, 0.3) is 0 Å². The fourth-order valence-electron chi connectivity index (χ4n) is 1.85. The molecule has 0 fully saturated rings. The quantitative estimate of drug-likeness (QED) is 0.845. The number of fused-ring (bicyclic) bond motifs is 1. The van der Waals surface area contributed by atoms with Crippen molar-refractivity contribution in [3.05, 3.63) is 29.8 Å². The van der Waals surface area contributed by atoms with Crippen molar-refractivity contribution in [2.24, 2.45) is 5.92 Å². The molecule has 2 unspecified atom stereocenters. The van der Waals surface area contributed by atoms with E-state index in [9.17, 15) is 4.79 Å². The van der Waals surface area contributed by atoms with Crippen molar-refractivity contribution in [3.8, 4) is 5.75 Å². The van der Waals surface area contributed by atoms with E-state index in [4.69, 9.17) is 14.6 Å². The topological polar surface area (TPSA) is 55.8 Å². The lowest BCUT2D eigenvalue weighted by Crippen LogP contribution is -2.39. The molecule has 0 radical (unpaired) electrons. The van der Waals surface area contributed by atoms with E-state index in [1.165, 1.54) is 0 Å². The first-order valence-electron chi connectivity index (χ1n) is 5.31. The van der Waals surface area contributed by atoms with E-state index >= 15 is 0 Å². The van der Waals surface area contributed by atoms with Crippen molar-refractivity contribution in [1.29, 1.82) is 0 Å². The molecule has 0 saturated heterocycles. The zero-order chi connectivity index (χ0) is 11.5. The maximum absolute atomic E-state index is 11.1. The Bertz CT molecular complexity index is 388. The summed E-state index contributed by atoms with van der Waals surface area (Å²) in [6, 6.07) is 7.46. The minimum Gasteiger partial charge on any atom is -0.481 e. The van der Waals surface area contributed by atoms with Gasteiger partial charge in [-0.25, -0.2) is 0 Å². The van der Waals surface area contributed by atoms with Crippen molar-refractivity contribution in [2.45, 2.75) is 19.6 Å². The van der Waals surface area contributed by atoms with Crippen LogP contribution in [0.3, 0.4) is 0 Å². The summed E-state index contributed by atoms with van der Waals surface area (Å²) in [6.45, 7) is 2.26. The Morgan fingerprint density at radius 2 is 2.31 bits per heavy atom. The summed E-state index contributed by atoms with van der Waals surface area (Å²) in [5.74, 6) is -0.791. The van der Waals surface area contributed by atoms with Crippen LogP contribution in [0.4, 0.5) is 0 Å². The number of rotatable bonds is 3. The van der Waals surface area contributed by atoms with Crippen molar-refractivity contribution < 1.29 is 19.4 Å². The minimum absolute atomic E-state index is 0.441. The first-order chi connectivity index (χ1) is 7.72.